The molecule has 0 aliphatic heterocycles. The summed E-state index contributed by atoms with van der Waals surface area (Å²) < 4.78 is 11.7. The van der Waals surface area contributed by atoms with E-state index in [9.17, 15) is 9.59 Å². The van der Waals surface area contributed by atoms with E-state index < -0.39 is 11.9 Å². The molecule has 2 aromatic carbocycles. The lowest BCUT2D eigenvalue weighted by molar-refractivity contribution is -0.131. The summed E-state index contributed by atoms with van der Waals surface area (Å²) in [5, 5.41) is 1.96. The zero-order valence-corrected chi connectivity index (χ0v) is 19.4. The molecule has 1 atom stereocenters. The third kappa shape index (κ3) is 5.21. The number of benzene rings is 2. The van der Waals surface area contributed by atoms with Crippen molar-refractivity contribution in [3.8, 4) is 11.5 Å². The Balaban J connectivity index is 2.15. The highest BCUT2D eigenvalue weighted by Gasteiger charge is 2.30. The highest BCUT2D eigenvalue weighted by molar-refractivity contribution is 7.99. The predicted molar refractivity (Wildman–Crippen MR) is 128 cm³/mol. The van der Waals surface area contributed by atoms with Crippen molar-refractivity contribution < 1.29 is 19.1 Å². The van der Waals surface area contributed by atoms with Gasteiger partial charge in [-0.15, -0.1) is 0 Å². The van der Waals surface area contributed by atoms with Crippen molar-refractivity contribution in [3.05, 3.63) is 59.7 Å². The molecular weight excluding hydrogens is 408 g/mol. The van der Waals surface area contributed by atoms with Crippen molar-refractivity contribution in [1.29, 1.82) is 0 Å². The minimum absolute atomic E-state index is 0.347. The first-order valence-electron chi connectivity index (χ1n) is 10.8. The zero-order valence-electron chi connectivity index (χ0n) is 18.6. The molecule has 2 aromatic rings. The second-order valence-corrected chi connectivity index (χ2v) is 9.50. The minimum atomic E-state index is -0.446. The number of esters is 2. The Bertz CT molecular complexity index is 1040. The van der Waals surface area contributed by atoms with E-state index in [0.717, 1.165) is 46.9 Å². The van der Waals surface area contributed by atoms with Crippen LogP contribution in [0.3, 0.4) is 0 Å². The van der Waals surface area contributed by atoms with E-state index in [2.05, 4.69) is 20.1 Å². The van der Waals surface area contributed by atoms with Gasteiger partial charge in [0.2, 0.25) is 0 Å². The Morgan fingerprint density at radius 2 is 1.55 bits per heavy atom. The lowest BCUT2D eigenvalue weighted by atomic mass is 9.86. The summed E-state index contributed by atoms with van der Waals surface area (Å²) in [6, 6.07) is 7.59. The van der Waals surface area contributed by atoms with Crippen LogP contribution >= 0.6 is 11.8 Å². The number of carbonyl (C=O) groups excluding carboxylic acids is 2. The topological polar surface area (TPSA) is 52.6 Å². The van der Waals surface area contributed by atoms with Crippen LogP contribution in [0.1, 0.15) is 51.2 Å². The largest absolute Gasteiger partial charge is 0.422 e. The fraction of sp³-hybridized carbons (Fsp3) is 0.385. The molecule has 0 aromatic heterocycles. The van der Waals surface area contributed by atoms with Crippen LogP contribution in [0.25, 0.3) is 10.8 Å². The Labute approximate surface area is 188 Å². The molecule has 0 radical (unpaired) electrons. The molecule has 1 aliphatic carbocycles. The van der Waals surface area contributed by atoms with Crippen LogP contribution in [0.15, 0.2) is 48.6 Å². The van der Waals surface area contributed by atoms with E-state index in [1.54, 1.807) is 13.8 Å². The molecule has 0 N–H and O–H groups in total. The summed E-state index contributed by atoms with van der Waals surface area (Å²) in [5.41, 5.74) is 2.60. The second kappa shape index (κ2) is 10.2. The first-order chi connectivity index (χ1) is 14.8. The molecule has 3 rings (SSSR count). The molecule has 1 aliphatic rings. The van der Waals surface area contributed by atoms with Gasteiger partial charge in [-0.3, -0.25) is 0 Å². The van der Waals surface area contributed by atoms with Gasteiger partial charge in [-0.2, -0.15) is 11.8 Å². The Hall–Kier alpha value is -2.53. The molecule has 4 nitrogen and oxygen atoms in total. The van der Waals surface area contributed by atoms with Crippen LogP contribution in [-0.2, 0) is 22.4 Å². The highest BCUT2D eigenvalue weighted by Crippen LogP contribution is 2.46. The number of unbranched alkanes of at least 4 members (excludes halogenated alkanes) is 1. The molecule has 0 bridgehead atoms. The highest BCUT2D eigenvalue weighted by atomic mass is 32.2. The Kier molecular flexibility index (Phi) is 7.60. The van der Waals surface area contributed by atoms with Crippen LogP contribution in [0, 0.1) is 0 Å². The smallest absolute Gasteiger partial charge is 0.338 e. The molecule has 5 heteroatoms. The Morgan fingerprint density at radius 1 is 1.00 bits per heavy atom. The summed E-state index contributed by atoms with van der Waals surface area (Å²) in [6.45, 7) is 12.9. The second-order valence-electron chi connectivity index (χ2n) is 8.09. The molecule has 164 valence electrons. The van der Waals surface area contributed by atoms with Gasteiger partial charge in [-0.1, -0.05) is 50.8 Å². The van der Waals surface area contributed by atoms with Gasteiger partial charge in [-0.25, -0.2) is 9.59 Å². The average molecular weight is 439 g/mol. The quantitative estimate of drug-likeness (QED) is 0.213. The predicted octanol–water partition coefficient (Wildman–Crippen LogP) is 6.19. The first-order valence-corrected chi connectivity index (χ1v) is 11.8. The van der Waals surface area contributed by atoms with Gasteiger partial charge >= 0.3 is 11.9 Å². The number of ether oxygens (including phenoxy) is 2. The van der Waals surface area contributed by atoms with Crippen molar-refractivity contribution in [2.75, 3.05) is 5.75 Å². The summed E-state index contributed by atoms with van der Waals surface area (Å²) in [6.07, 6.45) is 4.88. The maximum absolute atomic E-state index is 12.5. The summed E-state index contributed by atoms with van der Waals surface area (Å²) in [5.74, 6) is 1.35. The van der Waals surface area contributed by atoms with Gasteiger partial charge in [0.15, 0.2) is 0 Å². The number of hydrogen-bond acceptors (Lipinski definition) is 5. The fourth-order valence-electron chi connectivity index (χ4n) is 3.72. The van der Waals surface area contributed by atoms with Crippen LogP contribution in [0.4, 0.5) is 0 Å². The zero-order chi connectivity index (χ0) is 22.5. The molecule has 0 amide bonds. The van der Waals surface area contributed by atoms with Crippen molar-refractivity contribution in [3.63, 3.8) is 0 Å². The summed E-state index contributed by atoms with van der Waals surface area (Å²) in [7, 11) is 0. The van der Waals surface area contributed by atoms with E-state index in [4.69, 9.17) is 9.47 Å². The van der Waals surface area contributed by atoms with E-state index in [-0.39, 0.29) is 0 Å². The lowest BCUT2D eigenvalue weighted by Crippen LogP contribution is -2.21. The van der Waals surface area contributed by atoms with Gasteiger partial charge < -0.3 is 9.47 Å². The summed E-state index contributed by atoms with van der Waals surface area (Å²) in [4.78, 5) is 24.9. The van der Waals surface area contributed by atoms with Crippen LogP contribution in [0.2, 0.25) is 0 Å². The molecule has 0 fully saturated rings. The molecule has 0 heterocycles. The normalized spacial score (nSPS) is 15.3. The van der Waals surface area contributed by atoms with Crippen molar-refractivity contribution in [2.45, 2.75) is 58.1 Å². The number of fused-ring (bicyclic) bond motifs is 2. The molecule has 31 heavy (non-hydrogen) atoms. The van der Waals surface area contributed by atoms with Crippen LogP contribution in [0.5, 0.6) is 11.5 Å². The van der Waals surface area contributed by atoms with E-state index in [0.29, 0.717) is 27.9 Å². The van der Waals surface area contributed by atoms with E-state index in [1.807, 2.05) is 36.0 Å². The van der Waals surface area contributed by atoms with Crippen molar-refractivity contribution >= 4 is 34.5 Å². The lowest BCUT2D eigenvalue weighted by Gasteiger charge is -2.29. The molecular formula is C26H30O4S. The third-order valence-electron chi connectivity index (χ3n) is 5.41. The number of carbonyl (C=O) groups is 2. The van der Waals surface area contributed by atoms with Crippen molar-refractivity contribution in [1.82, 2.24) is 0 Å². The van der Waals surface area contributed by atoms with Crippen LogP contribution in [-0.4, -0.2) is 22.9 Å². The number of hydrogen-bond donors (Lipinski definition) is 0. The minimum Gasteiger partial charge on any atom is -0.422 e. The average Bonchev–Trinajstić information content (AvgIpc) is 2.75. The maximum atomic E-state index is 12.5. The molecule has 0 spiro atoms. The summed E-state index contributed by atoms with van der Waals surface area (Å²) >= 11 is 1.97. The van der Waals surface area contributed by atoms with Gasteiger partial charge in [0.1, 0.15) is 11.5 Å². The maximum Gasteiger partial charge on any atom is 0.338 e. The number of rotatable bonds is 8. The van der Waals surface area contributed by atoms with Crippen molar-refractivity contribution in [2.24, 2.45) is 0 Å². The SMILES string of the molecule is C=C(C)C(=O)Oc1c2c(c(OC(=O)C(=C)C)c3ccccc13)CC(SCCCC)CC2. The first kappa shape index (κ1) is 23.1. The fourth-order valence-corrected chi connectivity index (χ4v) is 5.08. The van der Waals surface area contributed by atoms with Gasteiger partial charge in [0.05, 0.1) is 0 Å². The monoisotopic (exact) mass is 438 g/mol. The molecule has 1 unspecified atom stereocenters. The Morgan fingerprint density at radius 3 is 2.06 bits per heavy atom. The standard InChI is InChI=1S/C26H30O4S/c1-6-7-14-31-18-12-13-21-22(15-18)24(30-26(28)17(4)5)20-11-9-8-10-19(20)23(21)29-25(27)16(2)3/h8-11,18H,2,4,6-7,12-15H2,1,3,5H3. The van der Waals surface area contributed by atoms with Gasteiger partial charge in [0.25, 0.3) is 0 Å². The van der Waals surface area contributed by atoms with Gasteiger partial charge in [0, 0.05) is 38.3 Å². The molecule has 0 saturated heterocycles. The molecule has 0 saturated carbocycles. The van der Waals surface area contributed by atoms with E-state index >= 15 is 0 Å². The van der Waals surface area contributed by atoms with Crippen LogP contribution < -0.4 is 9.47 Å². The number of thioether (sulfide) groups is 1. The van der Waals surface area contributed by atoms with E-state index in [1.165, 1.54) is 12.8 Å². The third-order valence-corrected chi connectivity index (χ3v) is 6.81. The van der Waals surface area contributed by atoms with Gasteiger partial charge in [-0.05, 0) is 45.3 Å².